The third-order valence-electron chi connectivity index (χ3n) is 3.99. The van der Waals surface area contributed by atoms with Crippen molar-refractivity contribution in [3.63, 3.8) is 0 Å². The molecule has 0 amide bonds. The summed E-state index contributed by atoms with van der Waals surface area (Å²) in [5.74, 6) is -0.315. The van der Waals surface area contributed by atoms with E-state index in [0.29, 0.717) is 19.5 Å². The first kappa shape index (κ1) is 16.4. The highest BCUT2D eigenvalue weighted by molar-refractivity contribution is 7.89. The number of rotatable bonds is 4. The second kappa shape index (κ2) is 6.59. The van der Waals surface area contributed by atoms with Crippen molar-refractivity contribution in [1.29, 1.82) is 5.26 Å². The van der Waals surface area contributed by atoms with Crippen molar-refractivity contribution in [2.45, 2.75) is 17.4 Å². The minimum Gasteiger partial charge on any atom is -0.309 e. The van der Waals surface area contributed by atoms with Gasteiger partial charge in [0.1, 0.15) is 5.82 Å². The summed E-state index contributed by atoms with van der Waals surface area (Å²) in [6.45, 7) is 0.955. The largest absolute Gasteiger partial charge is 0.309 e. The van der Waals surface area contributed by atoms with Crippen molar-refractivity contribution in [2.75, 3.05) is 13.1 Å². The predicted octanol–water partition coefficient (Wildman–Crippen LogP) is 2.33. The number of sulfonamides is 1. The van der Waals surface area contributed by atoms with Crippen LogP contribution >= 0.6 is 0 Å². The maximum absolute atomic E-state index is 13.0. The molecular weight excluding hydrogens is 329 g/mol. The van der Waals surface area contributed by atoms with Gasteiger partial charge in [-0.1, -0.05) is 24.3 Å². The molecule has 0 aliphatic carbocycles. The maximum atomic E-state index is 13.0. The van der Waals surface area contributed by atoms with E-state index in [9.17, 15) is 12.8 Å². The third-order valence-corrected chi connectivity index (χ3v) is 5.53. The van der Waals surface area contributed by atoms with Gasteiger partial charge in [0.15, 0.2) is 6.19 Å². The van der Waals surface area contributed by atoms with Crippen molar-refractivity contribution < 1.29 is 12.8 Å². The lowest BCUT2D eigenvalue weighted by Crippen LogP contribution is -2.36. The van der Waals surface area contributed by atoms with Gasteiger partial charge in [-0.25, -0.2) is 17.5 Å². The fourth-order valence-electron chi connectivity index (χ4n) is 2.70. The summed E-state index contributed by atoms with van der Waals surface area (Å²) < 4.78 is 40.4. The van der Waals surface area contributed by atoms with Crippen molar-refractivity contribution in [3.8, 4) is 17.3 Å². The molecule has 24 heavy (non-hydrogen) atoms. The summed E-state index contributed by atoms with van der Waals surface area (Å²) in [5.41, 5.74) is 1.62. The molecule has 1 fully saturated rings. The zero-order valence-electron chi connectivity index (χ0n) is 12.8. The fourth-order valence-corrected chi connectivity index (χ4v) is 3.97. The molecule has 0 bridgehead atoms. The van der Waals surface area contributed by atoms with Crippen LogP contribution in [0.2, 0.25) is 0 Å². The fraction of sp³-hybridized carbons (Fsp3) is 0.235. The van der Waals surface area contributed by atoms with Gasteiger partial charge in [-0.15, -0.1) is 0 Å². The zero-order valence-corrected chi connectivity index (χ0v) is 13.6. The van der Waals surface area contributed by atoms with Crippen LogP contribution in [0.1, 0.15) is 6.42 Å². The molecule has 0 aromatic heterocycles. The van der Waals surface area contributed by atoms with Gasteiger partial charge < -0.3 is 4.90 Å². The third kappa shape index (κ3) is 3.55. The van der Waals surface area contributed by atoms with Crippen LogP contribution in [0.4, 0.5) is 4.39 Å². The van der Waals surface area contributed by atoms with Crippen LogP contribution in [0.5, 0.6) is 0 Å². The molecule has 1 N–H and O–H groups in total. The Morgan fingerprint density at radius 1 is 1.08 bits per heavy atom. The van der Waals surface area contributed by atoms with Crippen LogP contribution in [0.15, 0.2) is 53.4 Å². The summed E-state index contributed by atoms with van der Waals surface area (Å²) in [7, 11) is -3.63. The number of halogens is 1. The van der Waals surface area contributed by atoms with Gasteiger partial charge >= 0.3 is 0 Å². The Kier molecular flexibility index (Phi) is 4.51. The van der Waals surface area contributed by atoms with Crippen LogP contribution in [-0.4, -0.2) is 32.4 Å². The van der Waals surface area contributed by atoms with Crippen LogP contribution in [-0.2, 0) is 10.0 Å². The average molecular weight is 345 g/mol. The smallest absolute Gasteiger partial charge is 0.240 e. The lowest BCUT2D eigenvalue weighted by atomic mass is 10.1. The van der Waals surface area contributed by atoms with E-state index < -0.39 is 10.0 Å². The Morgan fingerprint density at radius 3 is 2.21 bits per heavy atom. The van der Waals surface area contributed by atoms with Gasteiger partial charge in [0.25, 0.3) is 0 Å². The van der Waals surface area contributed by atoms with Crippen LogP contribution in [0.3, 0.4) is 0 Å². The monoisotopic (exact) mass is 345 g/mol. The molecule has 7 heteroatoms. The first-order valence-corrected chi connectivity index (χ1v) is 8.99. The van der Waals surface area contributed by atoms with Crippen molar-refractivity contribution in [1.82, 2.24) is 9.62 Å². The lowest BCUT2D eigenvalue weighted by Gasteiger charge is -2.13. The van der Waals surface area contributed by atoms with E-state index in [1.807, 2.05) is 6.19 Å². The summed E-state index contributed by atoms with van der Waals surface area (Å²) in [5, 5.41) is 8.83. The Morgan fingerprint density at radius 2 is 1.67 bits per heavy atom. The highest BCUT2D eigenvalue weighted by atomic mass is 32.2. The number of nitrogens with one attached hydrogen (secondary N) is 1. The van der Waals surface area contributed by atoms with E-state index in [1.54, 1.807) is 24.3 Å². The Hall–Kier alpha value is -2.43. The molecule has 2 aromatic carbocycles. The van der Waals surface area contributed by atoms with E-state index in [2.05, 4.69) is 4.72 Å². The normalized spacial score (nSPS) is 17.7. The number of benzene rings is 2. The molecular formula is C17H16FN3O2S. The van der Waals surface area contributed by atoms with Gasteiger partial charge in [-0.05, 0) is 41.8 Å². The number of nitrogens with zero attached hydrogens (tertiary/aromatic N) is 2. The molecule has 3 rings (SSSR count). The van der Waals surface area contributed by atoms with Gasteiger partial charge in [-0.3, -0.25) is 0 Å². The molecule has 1 heterocycles. The van der Waals surface area contributed by atoms with Crippen LogP contribution in [0, 0.1) is 17.3 Å². The summed E-state index contributed by atoms with van der Waals surface area (Å²) in [4.78, 5) is 1.70. The number of hydrogen-bond donors (Lipinski definition) is 1. The van der Waals surface area contributed by atoms with E-state index in [4.69, 9.17) is 5.26 Å². The standard InChI is InChI=1S/C17H16FN3O2S/c18-15-5-1-13(2-6-15)14-3-7-17(8-4-14)24(22,23)20-16-9-10-21(11-16)12-19/h1-8,16,20H,9-11H2. The Balaban J connectivity index is 1.75. The molecule has 2 aromatic rings. The summed E-state index contributed by atoms with van der Waals surface area (Å²) in [6.07, 6.45) is 2.63. The molecule has 1 aliphatic heterocycles. The SMILES string of the molecule is N#CN1CCC(NS(=O)(=O)c2ccc(-c3ccc(F)cc3)cc2)C1. The van der Waals surface area contributed by atoms with Gasteiger partial charge in [-0.2, -0.15) is 5.26 Å². The molecule has 5 nitrogen and oxygen atoms in total. The Bertz CT molecular complexity index is 858. The zero-order chi connectivity index (χ0) is 17.2. The van der Waals surface area contributed by atoms with E-state index in [1.165, 1.54) is 29.2 Å². The van der Waals surface area contributed by atoms with Crippen molar-refractivity contribution in [3.05, 3.63) is 54.3 Å². The van der Waals surface area contributed by atoms with Crippen molar-refractivity contribution in [2.24, 2.45) is 0 Å². The average Bonchev–Trinajstić information content (AvgIpc) is 3.02. The van der Waals surface area contributed by atoms with Crippen LogP contribution in [0.25, 0.3) is 11.1 Å². The molecule has 1 aliphatic rings. The summed E-state index contributed by atoms with van der Waals surface area (Å²) >= 11 is 0. The molecule has 1 unspecified atom stereocenters. The molecule has 124 valence electrons. The van der Waals surface area contributed by atoms with Crippen molar-refractivity contribution >= 4 is 10.0 Å². The molecule has 0 radical (unpaired) electrons. The van der Waals surface area contributed by atoms with Gasteiger partial charge in [0, 0.05) is 19.1 Å². The van der Waals surface area contributed by atoms with E-state index >= 15 is 0 Å². The molecule has 0 spiro atoms. The van der Waals surface area contributed by atoms with Crippen LogP contribution < -0.4 is 4.72 Å². The quantitative estimate of drug-likeness (QED) is 0.863. The van der Waals surface area contributed by atoms with E-state index in [-0.39, 0.29) is 16.8 Å². The maximum Gasteiger partial charge on any atom is 0.240 e. The van der Waals surface area contributed by atoms with Gasteiger partial charge in [0.2, 0.25) is 10.0 Å². The second-order valence-electron chi connectivity index (χ2n) is 5.68. The summed E-state index contributed by atoms with van der Waals surface area (Å²) in [6, 6.07) is 12.2. The lowest BCUT2D eigenvalue weighted by molar-refractivity contribution is 0.470. The number of likely N-dealkylation sites (tertiary alicyclic amines) is 1. The first-order valence-electron chi connectivity index (χ1n) is 7.51. The molecule has 1 saturated heterocycles. The minimum absolute atomic E-state index is 0.170. The topological polar surface area (TPSA) is 73.2 Å². The van der Waals surface area contributed by atoms with E-state index in [0.717, 1.165) is 11.1 Å². The van der Waals surface area contributed by atoms with Gasteiger partial charge in [0.05, 0.1) is 4.90 Å². The number of hydrogen-bond acceptors (Lipinski definition) is 4. The highest BCUT2D eigenvalue weighted by Gasteiger charge is 2.26. The highest BCUT2D eigenvalue weighted by Crippen LogP contribution is 2.22. The number of nitriles is 1. The molecule has 1 atom stereocenters. The first-order chi connectivity index (χ1) is 11.5. The predicted molar refractivity (Wildman–Crippen MR) is 87.7 cm³/mol. The minimum atomic E-state index is -3.63. The second-order valence-corrected chi connectivity index (χ2v) is 7.40. The Labute approximate surface area is 140 Å². The molecule has 0 saturated carbocycles.